The van der Waals surface area contributed by atoms with Crippen molar-refractivity contribution in [3.05, 3.63) is 61.1 Å². The number of aromatic nitrogens is 4. The van der Waals surface area contributed by atoms with Gasteiger partial charge in [-0.2, -0.15) is 0 Å². The van der Waals surface area contributed by atoms with E-state index in [4.69, 9.17) is 4.74 Å². The highest BCUT2D eigenvalue weighted by molar-refractivity contribution is 6.05. The number of carbonyl (C=O) groups is 1. The first kappa shape index (κ1) is 16.6. The van der Waals surface area contributed by atoms with Gasteiger partial charge in [0.25, 0.3) is 5.91 Å². The normalized spacial score (nSPS) is 11.2. The third-order valence-electron chi connectivity index (χ3n) is 3.22. The number of ether oxygens (including phenoxy) is 1. The number of nitrogens with zero attached hydrogens (tertiary/aromatic N) is 4. The van der Waals surface area contributed by atoms with Gasteiger partial charge in [0.2, 0.25) is 0 Å². The Morgan fingerprint density at radius 3 is 2.72 bits per heavy atom. The van der Waals surface area contributed by atoms with Crippen LogP contribution >= 0.6 is 0 Å². The molecule has 0 radical (unpaired) electrons. The first-order valence-electron chi connectivity index (χ1n) is 7.81. The number of nitrogens with one attached hydrogen (secondary N) is 1. The number of rotatable bonds is 4. The molecule has 0 bridgehead atoms. The van der Waals surface area contributed by atoms with Crippen LogP contribution in [0, 0.1) is 0 Å². The van der Waals surface area contributed by atoms with Gasteiger partial charge in [-0.3, -0.25) is 14.3 Å². The fourth-order valence-corrected chi connectivity index (χ4v) is 2.18. The molecule has 3 heterocycles. The second-order valence-electron chi connectivity index (χ2n) is 6.41. The molecule has 0 saturated heterocycles. The summed E-state index contributed by atoms with van der Waals surface area (Å²) in [6.07, 6.45) is 9.82. The molecule has 0 fully saturated rings. The van der Waals surface area contributed by atoms with E-state index in [9.17, 15) is 4.79 Å². The van der Waals surface area contributed by atoms with Gasteiger partial charge in [-0.05, 0) is 32.9 Å². The average Bonchev–Trinajstić information content (AvgIpc) is 3.10. The van der Waals surface area contributed by atoms with Crippen molar-refractivity contribution < 1.29 is 9.53 Å². The van der Waals surface area contributed by atoms with Gasteiger partial charge in [-0.1, -0.05) is 0 Å². The van der Waals surface area contributed by atoms with E-state index in [2.05, 4.69) is 20.3 Å². The van der Waals surface area contributed by atoms with E-state index in [-0.39, 0.29) is 11.5 Å². The van der Waals surface area contributed by atoms with Crippen LogP contribution in [0.2, 0.25) is 0 Å². The Hall–Kier alpha value is -3.22. The molecule has 128 valence electrons. The first-order chi connectivity index (χ1) is 11.9. The summed E-state index contributed by atoms with van der Waals surface area (Å²) in [6, 6.07) is 5.07. The van der Waals surface area contributed by atoms with Crippen molar-refractivity contribution in [3.63, 3.8) is 0 Å². The van der Waals surface area contributed by atoms with Crippen molar-refractivity contribution in [2.45, 2.75) is 26.4 Å². The lowest BCUT2D eigenvalue weighted by Crippen LogP contribution is -2.24. The molecule has 25 heavy (non-hydrogen) atoms. The van der Waals surface area contributed by atoms with Crippen molar-refractivity contribution >= 4 is 11.6 Å². The number of pyridine rings is 2. The number of imidazole rings is 1. The van der Waals surface area contributed by atoms with Crippen molar-refractivity contribution in [2.24, 2.45) is 0 Å². The van der Waals surface area contributed by atoms with Gasteiger partial charge >= 0.3 is 0 Å². The van der Waals surface area contributed by atoms with Crippen LogP contribution in [0.15, 0.2) is 55.5 Å². The van der Waals surface area contributed by atoms with E-state index in [1.807, 2.05) is 20.8 Å². The highest BCUT2D eigenvalue weighted by Crippen LogP contribution is 2.27. The fourth-order valence-electron chi connectivity index (χ4n) is 2.18. The zero-order valence-electron chi connectivity index (χ0n) is 14.3. The molecule has 0 aliphatic carbocycles. The van der Waals surface area contributed by atoms with Crippen LogP contribution in [-0.4, -0.2) is 31.0 Å². The molecule has 7 nitrogen and oxygen atoms in total. The van der Waals surface area contributed by atoms with Crippen LogP contribution in [0.1, 0.15) is 31.1 Å². The van der Waals surface area contributed by atoms with Crippen LogP contribution in [0.5, 0.6) is 5.75 Å². The van der Waals surface area contributed by atoms with Gasteiger partial charge in [-0.15, -0.1) is 0 Å². The summed E-state index contributed by atoms with van der Waals surface area (Å²) in [5.74, 6) is 0.915. The third-order valence-corrected chi connectivity index (χ3v) is 3.22. The standard InChI is InChI=1S/C18H19N5O2/c1-18(2,3)25-15-5-6-19-11-14(15)22-17(24)13-4-7-21-16(10-13)23-9-8-20-12-23/h4-12H,1-3H3,(H,22,24). The lowest BCUT2D eigenvalue weighted by atomic mass is 10.2. The van der Waals surface area contributed by atoms with Gasteiger partial charge < -0.3 is 10.1 Å². The fraction of sp³-hybridized carbons (Fsp3) is 0.222. The largest absolute Gasteiger partial charge is 0.486 e. The van der Waals surface area contributed by atoms with Gasteiger partial charge in [0.05, 0.1) is 6.20 Å². The minimum Gasteiger partial charge on any atom is -0.486 e. The zero-order valence-corrected chi connectivity index (χ0v) is 14.3. The lowest BCUT2D eigenvalue weighted by Gasteiger charge is -2.23. The SMILES string of the molecule is CC(C)(C)Oc1ccncc1NC(=O)c1ccnc(-n2ccnc2)c1. The van der Waals surface area contributed by atoms with E-state index in [0.717, 1.165) is 0 Å². The van der Waals surface area contributed by atoms with Crippen molar-refractivity contribution in [3.8, 4) is 11.6 Å². The summed E-state index contributed by atoms with van der Waals surface area (Å²) in [6.45, 7) is 5.83. The molecule has 0 spiro atoms. The molecule has 0 aliphatic rings. The van der Waals surface area contributed by atoms with E-state index < -0.39 is 0 Å². The maximum Gasteiger partial charge on any atom is 0.255 e. The Labute approximate surface area is 145 Å². The smallest absolute Gasteiger partial charge is 0.255 e. The Morgan fingerprint density at radius 1 is 1.16 bits per heavy atom. The number of carbonyl (C=O) groups excluding carboxylic acids is 1. The Balaban J connectivity index is 1.83. The second-order valence-corrected chi connectivity index (χ2v) is 6.41. The molecule has 3 aromatic heterocycles. The summed E-state index contributed by atoms with van der Waals surface area (Å²) in [5.41, 5.74) is 0.610. The zero-order chi connectivity index (χ0) is 17.9. The number of hydrogen-bond donors (Lipinski definition) is 1. The summed E-state index contributed by atoms with van der Waals surface area (Å²) in [5, 5.41) is 2.84. The van der Waals surface area contributed by atoms with E-state index in [1.165, 1.54) is 0 Å². The summed E-state index contributed by atoms with van der Waals surface area (Å²) in [4.78, 5) is 24.9. The molecule has 0 saturated carbocycles. The molecule has 1 N–H and O–H groups in total. The van der Waals surface area contributed by atoms with Crippen LogP contribution in [0.4, 0.5) is 5.69 Å². The number of anilines is 1. The highest BCUT2D eigenvalue weighted by Gasteiger charge is 2.17. The van der Waals surface area contributed by atoms with Crippen molar-refractivity contribution in [2.75, 3.05) is 5.32 Å². The number of amides is 1. The van der Waals surface area contributed by atoms with E-state index in [1.54, 1.807) is 60.1 Å². The van der Waals surface area contributed by atoms with E-state index >= 15 is 0 Å². The molecule has 0 aromatic carbocycles. The molecular formula is C18H19N5O2. The van der Waals surface area contributed by atoms with Crippen molar-refractivity contribution in [1.29, 1.82) is 0 Å². The molecule has 7 heteroatoms. The van der Waals surface area contributed by atoms with Crippen molar-refractivity contribution in [1.82, 2.24) is 19.5 Å². The maximum absolute atomic E-state index is 12.6. The Kier molecular flexibility index (Phi) is 4.47. The van der Waals surface area contributed by atoms with Gasteiger partial charge in [0.1, 0.15) is 29.2 Å². The predicted octanol–water partition coefficient (Wildman–Crippen LogP) is 3.09. The Bertz CT molecular complexity index is 869. The molecule has 0 unspecified atom stereocenters. The third kappa shape index (κ3) is 4.20. The molecule has 0 atom stereocenters. The number of hydrogen-bond acceptors (Lipinski definition) is 5. The minimum absolute atomic E-state index is 0.268. The molecule has 3 rings (SSSR count). The average molecular weight is 337 g/mol. The lowest BCUT2D eigenvalue weighted by molar-refractivity contribution is 0.102. The monoisotopic (exact) mass is 337 g/mol. The summed E-state index contributed by atoms with van der Waals surface area (Å²) < 4.78 is 7.60. The van der Waals surface area contributed by atoms with Gasteiger partial charge in [0, 0.05) is 36.4 Å². The van der Waals surface area contributed by atoms with Crippen LogP contribution < -0.4 is 10.1 Å². The van der Waals surface area contributed by atoms with Gasteiger partial charge in [-0.25, -0.2) is 9.97 Å². The quantitative estimate of drug-likeness (QED) is 0.791. The summed E-state index contributed by atoms with van der Waals surface area (Å²) in [7, 11) is 0. The predicted molar refractivity (Wildman–Crippen MR) is 93.9 cm³/mol. The van der Waals surface area contributed by atoms with Crippen LogP contribution in [0.3, 0.4) is 0 Å². The molecule has 3 aromatic rings. The second kappa shape index (κ2) is 6.72. The summed E-state index contributed by atoms with van der Waals surface area (Å²) >= 11 is 0. The van der Waals surface area contributed by atoms with Crippen LogP contribution in [-0.2, 0) is 0 Å². The van der Waals surface area contributed by atoms with Gasteiger partial charge in [0.15, 0.2) is 0 Å². The molecule has 1 amide bonds. The molecular weight excluding hydrogens is 318 g/mol. The molecule has 0 aliphatic heterocycles. The topological polar surface area (TPSA) is 81.9 Å². The maximum atomic E-state index is 12.6. The van der Waals surface area contributed by atoms with E-state index in [0.29, 0.717) is 22.8 Å². The minimum atomic E-state index is -0.383. The Morgan fingerprint density at radius 2 is 2.00 bits per heavy atom. The highest BCUT2D eigenvalue weighted by atomic mass is 16.5. The first-order valence-corrected chi connectivity index (χ1v) is 7.81. The van der Waals surface area contributed by atoms with Crippen LogP contribution in [0.25, 0.3) is 5.82 Å².